The molecule has 0 aliphatic rings. The number of nitrogens with zero attached hydrogens (tertiary/aromatic N) is 1. The Balaban J connectivity index is 1.90. The monoisotopic (exact) mass is 478 g/mol. The molecule has 2 heterocycles. The van der Waals surface area contributed by atoms with Gasteiger partial charge in [0, 0.05) is 16.5 Å². The van der Waals surface area contributed by atoms with Gasteiger partial charge >= 0.3 is 11.9 Å². The number of pyridine rings is 1. The van der Waals surface area contributed by atoms with Crippen LogP contribution in [0.2, 0.25) is 0 Å². The van der Waals surface area contributed by atoms with Crippen LogP contribution in [0.15, 0.2) is 83.7 Å². The maximum Gasteiger partial charge on any atom is 0.355 e. The molecule has 0 spiro atoms. The van der Waals surface area contributed by atoms with Crippen LogP contribution in [-0.4, -0.2) is 35.7 Å². The molecule has 0 saturated carbocycles. The van der Waals surface area contributed by atoms with Gasteiger partial charge in [-0.05, 0) is 35.4 Å². The van der Waals surface area contributed by atoms with Crippen molar-refractivity contribution in [2.24, 2.45) is 0 Å². The van der Waals surface area contributed by atoms with Crippen molar-refractivity contribution in [1.29, 1.82) is 0 Å². The number of benzene rings is 3. The van der Waals surface area contributed by atoms with E-state index in [1.165, 1.54) is 18.8 Å². The van der Waals surface area contributed by atoms with Crippen LogP contribution < -0.4 is 5.56 Å². The van der Waals surface area contributed by atoms with Gasteiger partial charge in [0.1, 0.15) is 11.4 Å². The summed E-state index contributed by atoms with van der Waals surface area (Å²) in [5.41, 5.74) is 2.54. The van der Waals surface area contributed by atoms with Gasteiger partial charge in [0.25, 0.3) is 5.56 Å². The molecule has 7 heteroatoms. The summed E-state index contributed by atoms with van der Waals surface area (Å²) in [5, 5.41) is 0.975. The van der Waals surface area contributed by atoms with Crippen LogP contribution >= 0.6 is 0 Å². The van der Waals surface area contributed by atoms with Crippen LogP contribution in [-0.2, 0) is 9.47 Å². The summed E-state index contributed by atoms with van der Waals surface area (Å²) in [6, 6.07) is 24.6. The minimum Gasteiger partial charge on any atom is -0.464 e. The molecule has 0 unspecified atom stereocenters. The molecule has 5 rings (SSSR count). The number of para-hydroxylation sites is 1. The number of H-pyrrole nitrogens is 1. The molecule has 36 heavy (non-hydrogen) atoms. The topological polar surface area (TPSA) is 90.4 Å². The van der Waals surface area contributed by atoms with Crippen molar-refractivity contribution in [3.63, 3.8) is 0 Å². The molecule has 7 nitrogen and oxygen atoms in total. The third kappa shape index (κ3) is 3.86. The molecule has 2 aromatic heterocycles. The first-order valence-electron chi connectivity index (χ1n) is 11.2. The minimum atomic E-state index is -0.758. The Kier molecular flexibility index (Phi) is 5.96. The predicted molar refractivity (Wildman–Crippen MR) is 139 cm³/mol. The Morgan fingerprint density at radius 1 is 0.750 bits per heavy atom. The number of aromatic nitrogens is 2. The van der Waals surface area contributed by atoms with E-state index in [-0.39, 0.29) is 16.8 Å². The first-order chi connectivity index (χ1) is 17.5. The Morgan fingerprint density at radius 2 is 1.33 bits per heavy atom. The third-order valence-electron chi connectivity index (χ3n) is 6.01. The fourth-order valence-corrected chi connectivity index (χ4v) is 4.36. The molecule has 3 aromatic carbocycles. The second-order valence-corrected chi connectivity index (χ2v) is 8.10. The zero-order valence-corrected chi connectivity index (χ0v) is 19.6. The summed E-state index contributed by atoms with van der Waals surface area (Å²) in [6.07, 6.45) is 3.92. The third-order valence-corrected chi connectivity index (χ3v) is 6.01. The summed E-state index contributed by atoms with van der Waals surface area (Å²) in [7, 11) is 2.46. The van der Waals surface area contributed by atoms with Gasteiger partial charge in [0.2, 0.25) is 0 Å². The van der Waals surface area contributed by atoms with E-state index >= 15 is 0 Å². The molecule has 5 aromatic rings. The normalized spacial score (nSPS) is 11.3. The molecular formula is C29H22N2O5. The van der Waals surface area contributed by atoms with Gasteiger partial charge in [-0.15, -0.1) is 0 Å². The van der Waals surface area contributed by atoms with Crippen molar-refractivity contribution in [3.05, 3.63) is 112 Å². The van der Waals surface area contributed by atoms with Crippen LogP contribution in [0, 0.1) is 0 Å². The maximum absolute atomic E-state index is 13.9. The first kappa shape index (κ1) is 22.9. The number of fused-ring (bicyclic) bond motifs is 3. The van der Waals surface area contributed by atoms with E-state index in [0.717, 1.165) is 11.1 Å². The summed E-state index contributed by atoms with van der Waals surface area (Å²) >= 11 is 0. The zero-order valence-electron chi connectivity index (χ0n) is 19.6. The van der Waals surface area contributed by atoms with Crippen molar-refractivity contribution >= 4 is 45.8 Å². The van der Waals surface area contributed by atoms with Gasteiger partial charge in [0.05, 0.1) is 25.1 Å². The number of rotatable bonds is 5. The molecule has 0 fully saturated rings. The largest absolute Gasteiger partial charge is 0.464 e. The Bertz CT molecular complexity index is 1700. The zero-order chi connectivity index (χ0) is 25.2. The highest BCUT2D eigenvalue weighted by Gasteiger charge is 2.27. The lowest BCUT2D eigenvalue weighted by atomic mass is 10.0. The fraction of sp³-hybridized carbons (Fsp3) is 0.0690. The van der Waals surface area contributed by atoms with E-state index in [4.69, 9.17) is 9.47 Å². The number of hydrogen-bond donors (Lipinski definition) is 1. The number of carbonyl (C=O) groups is 2. The maximum atomic E-state index is 13.9. The SMILES string of the molecule is COC(=O)c1[nH]c(C(=O)OC)c2c1c(=O)n(-c1ccccc1)c1ccc(C=Cc3ccccc3)cc21. The van der Waals surface area contributed by atoms with Gasteiger partial charge in [-0.2, -0.15) is 0 Å². The lowest BCUT2D eigenvalue weighted by Crippen LogP contribution is -2.20. The summed E-state index contributed by atoms with van der Waals surface area (Å²) in [5.74, 6) is -1.45. The van der Waals surface area contributed by atoms with Crippen LogP contribution in [0.3, 0.4) is 0 Å². The smallest absolute Gasteiger partial charge is 0.355 e. The number of aromatic amines is 1. The Morgan fingerprint density at radius 3 is 1.97 bits per heavy atom. The van der Waals surface area contributed by atoms with Gasteiger partial charge in [-0.3, -0.25) is 9.36 Å². The molecule has 0 aliphatic carbocycles. The lowest BCUT2D eigenvalue weighted by Gasteiger charge is -2.13. The predicted octanol–water partition coefficient (Wildman–Crippen LogP) is 5.22. The lowest BCUT2D eigenvalue weighted by molar-refractivity contribution is 0.0592. The molecule has 0 saturated heterocycles. The van der Waals surface area contributed by atoms with E-state index in [0.29, 0.717) is 22.0 Å². The number of hydrogen-bond acceptors (Lipinski definition) is 5. The van der Waals surface area contributed by atoms with Gasteiger partial charge in [-0.25, -0.2) is 9.59 Å². The van der Waals surface area contributed by atoms with Crippen molar-refractivity contribution in [2.45, 2.75) is 0 Å². The Labute approximate surface area is 206 Å². The molecule has 0 atom stereocenters. The van der Waals surface area contributed by atoms with Crippen molar-refractivity contribution in [2.75, 3.05) is 14.2 Å². The van der Waals surface area contributed by atoms with Gasteiger partial charge in [-0.1, -0.05) is 66.7 Å². The fourth-order valence-electron chi connectivity index (χ4n) is 4.36. The molecule has 0 radical (unpaired) electrons. The van der Waals surface area contributed by atoms with E-state index in [1.54, 1.807) is 0 Å². The minimum absolute atomic E-state index is 0.0133. The van der Waals surface area contributed by atoms with Crippen LogP contribution in [0.4, 0.5) is 0 Å². The van der Waals surface area contributed by atoms with Crippen LogP contribution in [0.5, 0.6) is 0 Å². The number of esters is 2. The first-order valence-corrected chi connectivity index (χ1v) is 11.2. The van der Waals surface area contributed by atoms with E-state index in [1.807, 2.05) is 91.0 Å². The quantitative estimate of drug-likeness (QED) is 0.276. The second-order valence-electron chi connectivity index (χ2n) is 8.10. The van der Waals surface area contributed by atoms with E-state index < -0.39 is 17.5 Å². The summed E-state index contributed by atoms with van der Waals surface area (Å²) < 4.78 is 11.4. The number of nitrogens with one attached hydrogen (secondary N) is 1. The van der Waals surface area contributed by atoms with E-state index in [2.05, 4.69) is 4.98 Å². The average molecular weight is 479 g/mol. The number of carbonyl (C=O) groups excluding carboxylic acids is 2. The standard InChI is InChI=1S/C29H22N2O5/c1-35-28(33)25-23-21-17-19(14-13-18-9-5-3-6-10-18)15-16-22(21)31(20-11-7-4-8-12-20)27(32)24(23)26(30-25)29(34)36-2/h3-17,30H,1-2H3. The molecular weight excluding hydrogens is 456 g/mol. The Hall–Kier alpha value is -4.91. The summed E-state index contributed by atoms with van der Waals surface area (Å²) in [4.78, 5) is 42.1. The highest BCUT2D eigenvalue weighted by molar-refractivity contribution is 6.20. The van der Waals surface area contributed by atoms with Gasteiger partial charge in [0.15, 0.2) is 0 Å². The van der Waals surface area contributed by atoms with Gasteiger partial charge < -0.3 is 14.5 Å². The highest BCUT2D eigenvalue weighted by atomic mass is 16.5. The summed E-state index contributed by atoms with van der Waals surface area (Å²) in [6.45, 7) is 0. The molecule has 0 bridgehead atoms. The van der Waals surface area contributed by atoms with Crippen LogP contribution in [0.25, 0.3) is 39.5 Å². The van der Waals surface area contributed by atoms with E-state index in [9.17, 15) is 14.4 Å². The highest BCUT2D eigenvalue weighted by Crippen LogP contribution is 2.32. The molecule has 0 amide bonds. The van der Waals surface area contributed by atoms with Crippen molar-refractivity contribution < 1.29 is 19.1 Å². The molecule has 0 aliphatic heterocycles. The average Bonchev–Trinajstić information content (AvgIpc) is 3.34. The van der Waals surface area contributed by atoms with Crippen molar-refractivity contribution in [1.82, 2.24) is 9.55 Å². The molecule has 178 valence electrons. The molecule has 1 N–H and O–H groups in total. The second kappa shape index (κ2) is 9.38. The number of ether oxygens (including phenoxy) is 2. The van der Waals surface area contributed by atoms with Crippen LogP contribution in [0.1, 0.15) is 32.1 Å². The number of methoxy groups -OCH3 is 2. The van der Waals surface area contributed by atoms with Crippen molar-refractivity contribution in [3.8, 4) is 5.69 Å².